The second kappa shape index (κ2) is 4.72. The molecule has 102 valence electrons. The number of carbonyl (C=O) groups is 1. The molecule has 20 heavy (non-hydrogen) atoms. The van der Waals surface area contributed by atoms with E-state index in [1.54, 1.807) is 13.0 Å². The lowest BCUT2D eigenvalue weighted by Gasteiger charge is -2.03. The van der Waals surface area contributed by atoms with Gasteiger partial charge in [-0.15, -0.1) is 0 Å². The van der Waals surface area contributed by atoms with Crippen LogP contribution in [0.15, 0.2) is 40.9 Å². The maximum absolute atomic E-state index is 11.0. The molecule has 0 atom stereocenters. The predicted molar refractivity (Wildman–Crippen MR) is 76.5 cm³/mol. The van der Waals surface area contributed by atoms with Gasteiger partial charge in [0.2, 0.25) is 0 Å². The molecule has 5 heteroatoms. The van der Waals surface area contributed by atoms with Crippen molar-refractivity contribution in [2.45, 2.75) is 13.5 Å². The number of carboxylic acids is 1. The summed E-state index contributed by atoms with van der Waals surface area (Å²) in [7, 11) is 0. The Labute approximate surface area is 120 Å². The van der Waals surface area contributed by atoms with Gasteiger partial charge in [0.1, 0.15) is 17.1 Å². The molecule has 3 aromatic rings. The van der Waals surface area contributed by atoms with Crippen LogP contribution in [-0.2, 0) is 6.54 Å². The van der Waals surface area contributed by atoms with Gasteiger partial charge in [0.25, 0.3) is 0 Å². The molecule has 0 radical (unpaired) electrons. The number of rotatable bonds is 3. The van der Waals surface area contributed by atoms with Crippen molar-refractivity contribution in [3.63, 3.8) is 0 Å². The minimum absolute atomic E-state index is 0.203. The molecule has 2 aromatic heterocycles. The van der Waals surface area contributed by atoms with Crippen LogP contribution in [0.4, 0.5) is 0 Å². The first kappa shape index (κ1) is 12.8. The van der Waals surface area contributed by atoms with Crippen molar-refractivity contribution < 1.29 is 14.3 Å². The molecule has 0 aliphatic rings. The fourth-order valence-electron chi connectivity index (χ4n) is 2.30. The first-order valence-electron chi connectivity index (χ1n) is 6.11. The number of fused-ring (bicyclic) bond motifs is 1. The fraction of sp³-hybridized carbons (Fsp3) is 0.133. The molecule has 2 heterocycles. The Hall–Kier alpha value is -2.20. The molecule has 0 saturated carbocycles. The summed E-state index contributed by atoms with van der Waals surface area (Å²) >= 11 is 6.01. The maximum Gasteiger partial charge on any atom is 0.339 e. The topological polar surface area (TPSA) is 55.4 Å². The number of carboxylic acid groups (broad SMARTS) is 1. The van der Waals surface area contributed by atoms with Gasteiger partial charge in [-0.25, -0.2) is 4.79 Å². The van der Waals surface area contributed by atoms with Gasteiger partial charge in [-0.3, -0.25) is 0 Å². The molecule has 0 saturated heterocycles. The number of benzene rings is 1. The summed E-state index contributed by atoms with van der Waals surface area (Å²) in [6.45, 7) is 2.12. The highest BCUT2D eigenvalue weighted by atomic mass is 35.5. The number of nitrogens with zero attached hydrogens (tertiary/aromatic N) is 1. The van der Waals surface area contributed by atoms with Gasteiger partial charge < -0.3 is 14.1 Å². The third kappa shape index (κ3) is 2.18. The Morgan fingerprint density at radius 1 is 1.35 bits per heavy atom. The molecule has 1 aromatic carbocycles. The van der Waals surface area contributed by atoms with E-state index in [1.807, 2.05) is 35.0 Å². The Kier molecular flexibility index (Phi) is 3.03. The molecule has 3 rings (SSSR count). The van der Waals surface area contributed by atoms with Crippen molar-refractivity contribution in [3.05, 3.63) is 58.6 Å². The summed E-state index contributed by atoms with van der Waals surface area (Å²) in [5.41, 5.74) is 1.19. The third-order valence-electron chi connectivity index (χ3n) is 3.26. The lowest BCUT2D eigenvalue weighted by Crippen LogP contribution is -1.97. The lowest BCUT2D eigenvalue weighted by atomic mass is 10.2. The third-order valence-corrected chi connectivity index (χ3v) is 3.50. The first-order chi connectivity index (χ1) is 9.54. The average Bonchev–Trinajstić information content (AvgIpc) is 2.94. The molecule has 0 bridgehead atoms. The van der Waals surface area contributed by atoms with E-state index < -0.39 is 5.97 Å². The highest BCUT2D eigenvalue weighted by Gasteiger charge is 2.14. The van der Waals surface area contributed by atoms with Gasteiger partial charge in [0, 0.05) is 16.7 Å². The Morgan fingerprint density at radius 2 is 2.15 bits per heavy atom. The average molecular weight is 290 g/mol. The summed E-state index contributed by atoms with van der Waals surface area (Å²) in [5.74, 6) is 0.0530. The highest BCUT2D eigenvalue weighted by Crippen LogP contribution is 2.23. The quantitative estimate of drug-likeness (QED) is 0.794. The van der Waals surface area contributed by atoms with Crippen LogP contribution < -0.4 is 0 Å². The van der Waals surface area contributed by atoms with Crippen molar-refractivity contribution in [3.8, 4) is 0 Å². The molecule has 0 unspecified atom stereocenters. The smallest absolute Gasteiger partial charge is 0.339 e. The molecular formula is C15H12ClNO3. The zero-order valence-corrected chi connectivity index (χ0v) is 11.5. The van der Waals surface area contributed by atoms with Crippen LogP contribution in [0.25, 0.3) is 10.9 Å². The number of aryl methyl sites for hydroxylation is 1. The van der Waals surface area contributed by atoms with Crippen LogP contribution in [0.3, 0.4) is 0 Å². The summed E-state index contributed by atoms with van der Waals surface area (Å²) in [4.78, 5) is 11.0. The van der Waals surface area contributed by atoms with Crippen LogP contribution in [0.1, 0.15) is 21.9 Å². The van der Waals surface area contributed by atoms with Crippen LogP contribution in [-0.4, -0.2) is 15.6 Å². The van der Waals surface area contributed by atoms with Gasteiger partial charge in [-0.05, 0) is 36.6 Å². The lowest BCUT2D eigenvalue weighted by molar-refractivity contribution is 0.0695. The van der Waals surface area contributed by atoms with Crippen molar-refractivity contribution in [1.29, 1.82) is 0 Å². The van der Waals surface area contributed by atoms with Crippen molar-refractivity contribution in [1.82, 2.24) is 4.57 Å². The van der Waals surface area contributed by atoms with E-state index in [0.717, 1.165) is 10.9 Å². The van der Waals surface area contributed by atoms with Crippen LogP contribution >= 0.6 is 11.6 Å². The number of halogens is 1. The van der Waals surface area contributed by atoms with E-state index in [4.69, 9.17) is 21.1 Å². The van der Waals surface area contributed by atoms with Crippen LogP contribution in [0, 0.1) is 6.92 Å². The molecule has 0 spiro atoms. The molecular weight excluding hydrogens is 278 g/mol. The standard InChI is InChI=1S/C15H12ClNO3/c1-9-13(15(18)19)7-12(20-9)8-17-5-4-10-2-3-11(16)6-14(10)17/h2-7H,8H2,1H3,(H,18,19). The normalized spacial score (nSPS) is 11.1. The number of aromatic nitrogens is 1. The summed E-state index contributed by atoms with van der Waals surface area (Å²) in [5, 5.41) is 10.8. The van der Waals surface area contributed by atoms with E-state index in [2.05, 4.69) is 0 Å². The predicted octanol–water partition coefficient (Wildman–Crippen LogP) is 3.94. The van der Waals surface area contributed by atoms with Crippen molar-refractivity contribution in [2.24, 2.45) is 0 Å². The molecule has 0 aliphatic carbocycles. The second-order valence-electron chi connectivity index (χ2n) is 4.63. The highest BCUT2D eigenvalue weighted by molar-refractivity contribution is 6.31. The minimum atomic E-state index is -0.974. The van der Waals surface area contributed by atoms with Gasteiger partial charge >= 0.3 is 5.97 Å². The Morgan fingerprint density at radius 3 is 2.85 bits per heavy atom. The first-order valence-corrected chi connectivity index (χ1v) is 6.49. The molecule has 0 fully saturated rings. The van der Waals surface area contributed by atoms with E-state index in [9.17, 15) is 4.79 Å². The zero-order chi connectivity index (χ0) is 14.3. The van der Waals surface area contributed by atoms with E-state index >= 15 is 0 Å². The van der Waals surface area contributed by atoms with Gasteiger partial charge in [-0.1, -0.05) is 17.7 Å². The number of aromatic carboxylic acids is 1. The summed E-state index contributed by atoms with van der Waals surface area (Å²) in [6.07, 6.45) is 1.93. The molecule has 0 aliphatic heterocycles. The monoisotopic (exact) mass is 289 g/mol. The Balaban J connectivity index is 1.99. The molecule has 1 N–H and O–H groups in total. The van der Waals surface area contributed by atoms with E-state index in [1.165, 1.54) is 0 Å². The molecule has 4 nitrogen and oxygen atoms in total. The Bertz CT molecular complexity index is 801. The summed E-state index contributed by atoms with van der Waals surface area (Å²) in [6, 6.07) is 9.22. The van der Waals surface area contributed by atoms with Crippen molar-refractivity contribution >= 4 is 28.5 Å². The van der Waals surface area contributed by atoms with E-state index in [-0.39, 0.29) is 5.56 Å². The van der Waals surface area contributed by atoms with Crippen molar-refractivity contribution in [2.75, 3.05) is 0 Å². The second-order valence-corrected chi connectivity index (χ2v) is 5.07. The minimum Gasteiger partial charge on any atom is -0.478 e. The number of hydrogen-bond donors (Lipinski definition) is 1. The zero-order valence-electron chi connectivity index (χ0n) is 10.8. The van der Waals surface area contributed by atoms with E-state index in [0.29, 0.717) is 23.1 Å². The number of hydrogen-bond acceptors (Lipinski definition) is 2. The fourth-order valence-corrected chi connectivity index (χ4v) is 2.46. The van der Waals surface area contributed by atoms with Crippen LogP contribution in [0.2, 0.25) is 5.02 Å². The van der Waals surface area contributed by atoms with Gasteiger partial charge in [0.15, 0.2) is 0 Å². The van der Waals surface area contributed by atoms with Crippen LogP contribution in [0.5, 0.6) is 0 Å². The SMILES string of the molecule is Cc1oc(Cn2ccc3ccc(Cl)cc32)cc1C(=O)O. The largest absolute Gasteiger partial charge is 0.478 e. The van der Waals surface area contributed by atoms with Gasteiger partial charge in [-0.2, -0.15) is 0 Å². The summed E-state index contributed by atoms with van der Waals surface area (Å²) < 4.78 is 7.47. The number of furan rings is 1. The molecule has 0 amide bonds. The van der Waals surface area contributed by atoms with Gasteiger partial charge in [0.05, 0.1) is 6.54 Å². The maximum atomic E-state index is 11.0.